The number of hydrogen-bond donors (Lipinski definition) is 1. The summed E-state index contributed by atoms with van der Waals surface area (Å²) in [6, 6.07) is 13.6. The van der Waals surface area contributed by atoms with Crippen molar-refractivity contribution in [1.82, 2.24) is 5.32 Å². The predicted octanol–water partition coefficient (Wildman–Crippen LogP) is 3.74. The minimum Gasteiger partial charge on any atom is -0.497 e. The standard InChI is InChI=1S/C20H24FNO3/c1-3-19(25-18-12-10-17(24-2)11-13-18)20(23)22-14-4-5-15-6-8-16(21)9-7-15/h6-13,19H,3-5,14H2,1-2H3,(H,22,23)/t19-/m1/s1. The number of hydrogen-bond acceptors (Lipinski definition) is 3. The third-order valence-corrected chi connectivity index (χ3v) is 3.86. The highest BCUT2D eigenvalue weighted by Crippen LogP contribution is 2.19. The van der Waals surface area contributed by atoms with Gasteiger partial charge < -0.3 is 14.8 Å². The van der Waals surface area contributed by atoms with E-state index >= 15 is 0 Å². The number of ether oxygens (including phenoxy) is 2. The lowest BCUT2D eigenvalue weighted by atomic mass is 10.1. The minimum atomic E-state index is -0.529. The Kier molecular flexibility index (Phi) is 7.26. The maximum atomic E-state index is 12.9. The molecule has 1 atom stereocenters. The molecule has 0 unspecified atom stereocenters. The first-order valence-electron chi connectivity index (χ1n) is 8.45. The van der Waals surface area contributed by atoms with E-state index in [1.807, 2.05) is 6.92 Å². The molecule has 2 aromatic rings. The number of carbonyl (C=O) groups is 1. The number of aryl methyl sites for hydroxylation is 1. The average molecular weight is 345 g/mol. The van der Waals surface area contributed by atoms with Crippen molar-refractivity contribution in [2.45, 2.75) is 32.3 Å². The van der Waals surface area contributed by atoms with Gasteiger partial charge >= 0.3 is 0 Å². The molecular formula is C20H24FNO3. The van der Waals surface area contributed by atoms with Crippen LogP contribution in [0.4, 0.5) is 4.39 Å². The van der Waals surface area contributed by atoms with Gasteiger partial charge in [-0.25, -0.2) is 4.39 Å². The Morgan fingerprint density at radius 2 is 1.72 bits per heavy atom. The number of amides is 1. The molecule has 0 aliphatic heterocycles. The molecule has 1 amide bonds. The zero-order chi connectivity index (χ0) is 18.1. The first-order valence-corrected chi connectivity index (χ1v) is 8.45. The molecule has 134 valence electrons. The first-order chi connectivity index (χ1) is 12.1. The smallest absolute Gasteiger partial charge is 0.261 e. The molecule has 5 heteroatoms. The molecule has 0 saturated carbocycles. The van der Waals surface area contributed by atoms with Crippen molar-refractivity contribution >= 4 is 5.91 Å². The molecule has 1 N–H and O–H groups in total. The highest BCUT2D eigenvalue weighted by molar-refractivity contribution is 5.81. The fraction of sp³-hybridized carbons (Fsp3) is 0.350. The second-order valence-electron chi connectivity index (χ2n) is 5.71. The summed E-state index contributed by atoms with van der Waals surface area (Å²) >= 11 is 0. The highest BCUT2D eigenvalue weighted by Gasteiger charge is 2.17. The summed E-state index contributed by atoms with van der Waals surface area (Å²) in [5, 5.41) is 2.90. The molecule has 0 radical (unpaired) electrons. The van der Waals surface area contributed by atoms with Crippen LogP contribution in [0.1, 0.15) is 25.3 Å². The summed E-state index contributed by atoms with van der Waals surface area (Å²) in [7, 11) is 1.60. The van der Waals surface area contributed by atoms with E-state index in [4.69, 9.17) is 9.47 Å². The zero-order valence-corrected chi connectivity index (χ0v) is 14.6. The van der Waals surface area contributed by atoms with Crippen LogP contribution in [0, 0.1) is 5.82 Å². The molecule has 2 aromatic carbocycles. The number of nitrogens with one attached hydrogen (secondary N) is 1. The van der Waals surface area contributed by atoms with E-state index in [1.165, 1.54) is 12.1 Å². The molecule has 4 nitrogen and oxygen atoms in total. The normalized spacial score (nSPS) is 11.6. The second kappa shape index (κ2) is 9.67. The molecule has 0 fully saturated rings. The molecular weight excluding hydrogens is 321 g/mol. The number of methoxy groups -OCH3 is 1. The predicted molar refractivity (Wildman–Crippen MR) is 95.4 cm³/mol. The Bertz CT molecular complexity index is 656. The number of carbonyl (C=O) groups excluding carboxylic acids is 1. The summed E-state index contributed by atoms with van der Waals surface area (Å²) in [4.78, 5) is 12.2. The van der Waals surface area contributed by atoms with Crippen molar-refractivity contribution in [3.05, 3.63) is 59.9 Å². The molecule has 25 heavy (non-hydrogen) atoms. The van der Waals surface area contributed by atoms with Crippen molar-refractivity contribution in [2.24, 2.45) is 0 Å². The van der Waals surface area contributed by atoms with Crippen molar-refractivity contribution in [3.63, 3.8) is 0 Å². The molecule has 0 aliphatic rings. The van der Waals surface area contributed by atoms with Crippen molar-refractivity contribution in [2.75, 3.05) is 13.7 Å². The number of rotatable bonds is 9. The van der Waals surface area contributed by atoms with Gasteiger partial charge in [-0.2, -0.15) is 0 Å². The summed E-state index contributed by atoms with van der Waals surface area (Å²) < 4.78 is 23.7. The Labute approximate surface area is 148 Å². The van der Waals surface area contributed by atoms with Gasteiger partial charge in [0.1, 0.15) is 17.3 Å². The summed E-state index contributed by atoms with van der Waals surface area (Å²) in [6.07, 6.45) is 1.63. The highest BCUT2D eigenvalue weighted by atomic mass is 19.1. The lowest BCUT2D eigenvalue weighted by Gasteiger charge is -2.17. The van der Waals surface area contributed by atoms with E-state index in [-0.39, 0.29) is 11.7 Å². The van der Waals surface area contributed by atoms with Gasteiger partial charge in [-0.15, -0.1) is 0 Å². The van der Waals surface area contributed by atoms with E-state index in [9.17, 15) is 9.18 Å². The molecule has 0 spiro atoms. The van der Waals surface area contributed by atoms with Gasteiger partial charge in [0.25, 0.3) is 5.91 Å². The first kappa shape index (κ1) is 18.8. The van der Waals surface area contributed by atoms with Gasteiger partial charge in [0.05, 0.1) is 7.11 Å². The van der Waals surface area contributed by atoms with Crippen molar-refractivity contribution in [1.29, 1.82) is 0 Å². The topological polar surface area (TPSA) is 47.6 Å². The fourth-order valence-electron chi connectivity index (χ4n) is 2.41. The van der Waals surface area contributed by atoms with Crippen LogP contribution < -0.4 is 14.8 Å². The summed E-state index contributed by atoms with van der Waals surface area (Å²) in [5.74, 6) is 1.01. The lowest BCUT2D eigenvalue weighted by Crippen LogP contribution is -2.38. The molecule has 0 bridgehead atoms. The lowest BCUT2D eigenvalue weighted by molar-refractivity contribution is -0.128. The van der Waals surface area contributed by atoms with Crippen LogP contribution in [0.25, 0.3) is 0 Å². The molecule has 0 aromatic heterocycles. The van der Waals surface area contributed by atoms with Gasteiger partial charge in [-0.05, 0) is 61.2 Å². The third kappa shape index (κ3) is 6.10. The average Bonchev–Trinajstić information content (AvgIpc) is 2.65. The SMILES string of the molecule is CC[C@@H](Oc1ccc(OC)cc1)C(=O)NCCCc1ccc(F)cc1. The van der Waals surface area contributed by atoms with E-state index in [1.54, 1.807) is 43.5 Å². The Morgan fingerprint density at radius 3 is 2.32 bits per heavy atom. The maximum absolute atomic E-state index is 12.9. The minimum absolute atomic E-state index is 0.127. The van der Waals surface area contributed by atoms with Crippen LogP contribution in [-0.2, 0) is 11.2 Å². The molecule has 0 heterocycles. The monoisotopic (exact) mass is 345 g/mol. The van der Waals surface area contributed by atoms with Gasteiger partial charge in [0.2, 0.25) is 0 Å². The van der Waals surface area contributed by atoms with Crippen molar-refractivity contribution < 1.29 is 18.7 Å². The Morgan fingerprint density at radius 1 is 1.08 bits per heavy atom. The van der Waals surface area contributed by atoms with Gasteiger partial charge in [-0.3, -0.25) is 4.79 Å². The van der Waals surface area contributed by atoms with E-state index in [0.717, 1.165) is 24.2 Å². The van der Waals surface area contributed by atoms with E-state index in [0.29, 0.717) is 18.7 Å². The van der Waals surface area contributed by atoms with E-state index < -0.39 is 6.10 Å². The van der Waals surface area contributed by atoms with Crippen LogP contribution in [0.3, 0.4) is 0 Å². The molecule has 0 saturated heterocycles. The second-order valence-corrected chi connectivity index (χ2v) is 5.71. The zero-order valence-electron chi connectivity index (χ0n) is 14.6. The van der Waals surface area contributed by atoms with Gasteiger partial charge in [0, 0.05) is 6.54 Å². The number of benzene rings is 2. The van der Waals surface area contributed by atoms with Crippen LogP contribution in [0.5, 0.6) is 11.5 Å². The largest absolute Gasteiger partial charge is 0.497 e. The van der Waals surface area contributed by atoms with Crippen LogP contribution >= 0.6 is 0 Å². The maximum Gasteiger partial charge on any atom is 0.261 e. The van der Waals surface area contributed by atoms with Crippen molar-refractivity contribution in [3.8, 4) is 11.5 Å². The van der Waals surface area contributed by atoms with Crippen LogP contribution in [0.2, 0.25) is 0 Å². The third-order valence-electron chi connectivity index (χ3n) is 3.86. The molecule has 2 rings (SSSR count). The Hall–Kier alpha value is -2.56. The summed E-state index contributed by atoms with van der Waals surface area (Å²) in [6.45, 7) is 2.46. The van der Waals surface area contributed by atoms with Gasteiger partial charge in [-0.1, -0.05) is 19.1 Å². The van der Waals surface area contributed by atoms with Crippen LogP contribution in [0.15, 0.2) is 48.5 Å². The summed E-state index contributed by atoms with van der Waals surface area (Å²) in [5.41, 5.74) is 1.05. The fourth-order valence-corrected chi connectivity index (χ4v) is 2.41. The number of halogens is 1. The van der Waals surface area contributed by atoms with Crippen LogP contribution in [-0.4, -0.2) is 25.7 Å². The quantitative estimate of drug-likeness (QED) is 0.704. The molecule has 0 aliphatic carbocycles. The Balaban J connectivity index is 1.75. The van der Waals surface area contributed by atoms with E-state index in [2.05, 4.69) is 5.32 Å². The van der Waals surface area contributed by atoms with Gasteiger partial charge in [0.15, 0.2) is 6.10 Å².